The molecule has 2 aromatic rings. The third-order valence-electron chi connectivity index (χ3n) is 4.07. The van der Waals surface area contributed by atoms with Gasteiger partial charge in [-0.1, -0.05) is 11.8 Å². The number of benzene rings is 1. The number of imidazole rings is 1. The van der Waals surface area contributed by atoms with Crippen LogP contribution in [0.25, 0.3) is 0 Å². The highest BCUT2D eigenvalue weighted by Gasteiger charge is 2.25. The molecule has 2 heterocycles. The molecule has 0 aliphatic carbocycles. The van der Waals surface area contributed by atoms with Gasteiger partial charge in [0.1, 0.15) is 0 Å². The molecular formula is C17H19N3O2S. The largest absolute Gasteiger partial charge is 0.329 e. The first-order valence-corrected chi connectivity index (χ1v) is 8.44. The van der Waals surface area contributed by atoms with Gasteiger partial charge in [-0.2, -0.15) is 0 Å². The number of carbonyl (C=O) groups excluding carboxylic acids is 2. The molecule has 1 aliphatic heterocycles. The molecule has 0 saturated carbocycles. The summed E-state index contributed by atoms with van der Waals surface area (Å²) in [6.45, 7) is 4.16. The fraction of sp³-hybridized carbons (Fsp3) is 0.353. The summed E-state index contributed by atoms with van der Waals surface area (Å²) in [4.78, 5) is 30.3. The van der Waals surface area contributed by atoms with E-state index in [-0.39, 0.29) is 16.9 Å². The summed E-state index contributed by atoms with van der Waals surface area (Å²) in [5.74, 6) is 0.128. The second-order valence-corrected chi connectivity index (χ2v) is 7.02. The summed E-state index contributed by atoms with van der Waals surface area (Å²) in [7, 11) is 1.91. The number of aryl methyl sites for hydroxylation is 1. The number of rotatable bonds is 4. The van der Waals surface area contributed by atoms with Crippen molar-refractivity contribution >= 4 is 29.1 Å². The van der Waals surface area contributed by atoms with Crippen LogP contribution in [0.3, 0.4) is 0 Å². The van der Waals surface area contributed by atoms with Crippen molar-refractivity contribution < 1.29 is 9.59 Å². The zero-order valence-corrected chi connectivity index (χ0v) is 14.3. The van der Waals surface area contributed by atoms with Crippen LogP contribution >= 0.6 is 11.8 Å². The average Bonchev–Trinajstić information content (AvgIpc) is 3.12. The van der Waals surface area contributed by atoms with Crippen molar-refractivity contribution in [2.45, 2.75) is 30.7 Å². The van der Waals surface area contributed by atoms with Gasteiger partial charge in [0.15, 0.2) is 10.9 Å². The predicted octanol–water partition coefficient (Wildman–Crippen LogP) is 2.69. The minimum absolute atomic E-state index is 0.0431. The molecule has 1 atom stereocenters. The van der Waals surface area contributed by atoms with E-state index in [9.17, 15) is 9.59 Å². The van der Waals surface area contributed by atoms with Crippen LogP contribution in [0.4, 0.5) is 5.69 Å². The first-order valence-electron chi connectivity index (χ1n) is 7.56. The lowest BCUT2D eigenvalue weighted by atomic mass is 10.0. The first kappa shape index (κ1) is 15.8. The zero-order chi connectivity index (χ0) is 16.6. The van der Waals surface area contributed by atoms with E-state index in [1.54, 1.807) is 18.0 Å². The van der Waals surface area contributed by atoms with Gasteiger partial charge in [0.2, 0.25) is 5.91 Å². The Labute approximate surface area is 139 Å². The highest BCUT2D eigenvalue weighted by atomic mass is 32.2. The summed E-state index contributed by atoms with van der Waals surface area (Å²) in [6, 6.07) is 5.63. The Morgan fingerprint density at radius 3 is 2.78 bits per heavy atom. The van der Waals surface area contributed by atoms with Gasteiger partial charge in [-0.15, -0.1) is 0 Å². The van der Waals surface area contributed by atoms with E-state index in [0.717, 1.165) is 22.8 Å². The van der Waals surface area contributed by atoms with Crippen LogP contribution in [0.5, 0.6) is 0 Å². The van der Waals surface area contributed by atoms with Crippen LogP contribution in [0, 0.1) is 0 Å². The molecular weight excluding hydrogens is 310 g/mol. The lowest BCUT2D eigenvalue weighted by Gasteiger charge is -2.15. The molecule has 1 aromatic heterocycles. The highest BCUT2D eigenvalue weighted by Crippen LogP contribution is 2.30. The summed E-state index contributed by atoms with van der Waals surface area (Å²) < 4.78 is 1.90. The molecule has 0 saturated heterocycles. The minimum atomic E-state index is -0.209. The first-order chi connectivity index (χ1) is 11.0. The number of aromatic nitrogens is 2. The molecule has 0 bridgehead atoms. The Morgan fingerprint density at radius 1 is 1.35 bits per heavy atom. The van der Waals surface area contributed by atoms with Gasteiger partial charge >= 0.3 is 0 Å². The second kappa shape index (κ2) is 6.20. The van der Waals surface area contributed by atoms with Crippen LogP contribution in [0.2, 0.25) is 0 Å². The third kappa shape index (κ3) is 3.03. The van der Waals surface area contributed by atoms with Crippen molar-refractivity contribution in [1.82, 2.24) is 9.55 Å². The molecule has 120 valence electrons. The van der Waals surface area contributed by atoms with Crippen molar-refractivity contribution in [3.63, 3.8) is 0 Å². The average molecular weight is 329 g/mol. The van der Waals surface area contributed by atoms with Gasteiger partial charge in [0.05, 0.1) is 5.25 Å². The Balaban J connectivity index is 1.78. The lowest BCUT2D eigenvalue weighted by Crippen LogP contribution is -2.25. The van der Waals surface area contributed by atoms with Crippen LogP contribution in [-0.2, 0) is 18.3 Å². The smallest absolute Gasteiger partial charge is 0.223 e. The minimum Gasteiger partial charge on any atom is -0.329 e. The highest BCUT2D eigenvalue weighted by molar-refractivity contribution is 8.00. The Hall–Kier alpha value is -2.08. The Kier molecular flexibility index (Phi) is 4.26. The topological polar surface area (TPSA) is 55.2 Å². The molecule has 3 rings (SSSR count). The number of amides is 1. The maximum Gasteiger partial charge on any atom is 0.223 e. The number of nitrogens with zero attached hydrogens (tertiary/aromatic N) is 3. The van der Waals surface area contributed by atoms with Crippen molar-refractivity contribution in [2.75, 3.05) is 11.4 Å². The van der Waals surface area contributed by atoms with Gasteiger partial charge in [-0.3, -0.25) is 9.59 Å². The maximum absolute atomic E-state index is 12.7. The van der Waals surface area contributed by atoms with Crippen LogP contribution in [0.15, 0.2) is 35.7 Å². The molecule has 0 spiro atoms. The quantitative estimate of drug-likeness (QED) is 0.639. The van der Waals surface area contributed by atoms with E-state index >= 15 is 0 Å². The van der Waals surface area contributed by atoms with Gasteiger partial charge in [0.25, 0.3) is 0 Å². The van der Waals surface area contributed by atoms with Crippen LogP contribution < -0.4 is 4.90 Å². The molecule has 1 amide bonds. The van der Waals surface area contributed by atoms with E-state index in [1.165, 1.54) is 11.8 Å². The fourth-order valence-corrected chi connectivity index (χ4v) is 3.70. The predicted molar refractivity (Wildman–Crippen MR) is 91.0 cm³/mol. The van der Waals surface area contributed by atoms with Crippen molar-refractivity contribution in [3.05, 3.63) is 41.7 Å². The monoisotopic (exact) mass is 329 g/mol. The van der Waals surface area contributed by atoms with E-state index in [1.807, 2.05) is 42.9 Å². The third-order valence-corrected chi connectivity index (χ3v) is 5.24. The molecule has 5 nitrogen and oxygen atoms in total. The Morgan fingerprint density at radius 2 is 2.13 bits per heavy atom. The molecule has 0 N–H and O–H groups in total. The number of fused-ring (bicyclic) bond motifs is 1. The van der Waals surface area contributed by atoms with Crippen LogP contribution in [0.1, 0.15) is 29.8 Å². The maximum atomic E-state index is 12.7. The van der Waals surface area contributed by atoms with E-state index in [2.05, 4.69) is 4.98 Å². The number of ketones is 1. The van der Waals surface area contributed by atoms with E-state index < -0.39 is 0 Å². The fourth-order valence-electron chi connectivity index (χ4n) is 2.79. The number of thioether (sulfide) groups is 1. The van der Waals surface area contributed by atoms with Gasteiger partial charge in [0, 0.05) is 44.2 Å². The van der Waals surface area contributed by atoms with Crippen molar-refractivity contribution in [3.8, 4) is 0 Å². The summed E-state index contributed by atoms with van der Waals surface area (Å²) >= 11 is 1.46. The second-order valence-electron chi connectivity index (χ2n) is 5.71. The van der Waals surface area contributed by atoms with Gasteiger partial charge in [-0.25, -0.2) is 4.98 Å². The number of hydrogen-bond acceptors (Lipinski definition) is 4. The molecule has 0 fully saturated rings. The number of carbonyl (C=O) groups is 2. The van der Waals surface area contributed by atoms with Crippen molar-refractivity contribution in [1.29, 1.82) is 0 Å². The normalized spacial score (nSPS) is 14.7. The standard InChI is InChI=1S/C17H19N3O2S/c1-11(23-17-18-7-9-19(17)3)16(22)14-4-5-15-13(10-14)6-8-20(15)12(2)21/h4-5,7,9-11H,6,8H2,1-3H3/t11-/m0/s1. The number of hydrogen-bond donors (Lipinski definition) is 0. The molecule has 0 unspecified atom stereocenters. The van der Waals surface area contributed by atoms with E-state index in [0.29, 0.717) is 12.1 Å². The Bertz CT molecular complexity index is 769. The van der Waals surface area contributed by atoms with Crippen LogP contribution in [-0.4, -0.2) is 33.0 Å². The summed E-state index contributed by atoms with van der Waals surface area (Å²) in [5, 5.41) is 0.620. The van der Waals surface area contributed by atoms with Gasteiger partial charge < -0.3 is 9.47 Å². The molecule has 6 heteroatoms. The summed E-state index contributed by atoms with van der Waals surface area (Å²) in [5.41, 5.74) is 2.70. The van der Waals surface area contributed by atoms with E-state index in [4.69, 9.17) is 0 Å². The van der Waals surface area contributed by atoms with Crippen molar-refractivity contribution in [2.24, 2.45) is 7.05 Å². The molecule has 23 heavy (non-hydrogen) atoms. The summed E-state index contributed by atoms with van der Waals surface area (Å²) in [6.07, 6.45) is 4.40. The lowest BCUT2D eigenvalue weighted by molar-refractivity contribution is -0.116. The number of anilines is 1. The zero-order valence-electron chi connectivity index (χ0n) is 13.4. The molecule has 1 aliphatic rings. The molecule has 0 radical (unpaired) electrons. The molecule has 1 aromatic carbocycles. The number of Topliss-reactive ketones (excluding diaryl/α,β-unsaturated/α-hetero) is 1. The van der Waals surface area contributed by atoms with Gasteiger partial charge in [-0.05, 0) is 37.1 Å². The SMILES string of the molecule is CC(=O)N1CCc2cc(C(=O)[C@H](C)Sc3nccn3C)ccc21.